The van der Waals surface area contributed by atoms with E-state index < -0.39 is 15.8 Å². The minimum Gasteiger partial charge on any atom is -0.492 e. The number of nitrogens with one attached hydrogen (secondary N) is 1. The normalized spacial score (nSPS) is 13.1. The van der Waals surface area contributed by atoms with E-state index in [0.717, 1.165) is 17.6 Å². The number of halogens is 1. The standard InChI is InChI=1S/C13H21FN2O3S2/c1-4-20-6-5-9(2)16-21(17,18)10-7-11(14)13(19-3)12(15)8-10/h7-9,16H,4-6,15H2,1-3H3. The number of nitrogens with two attached hydrogens (primary N) is 1. The Kier molecular flexibility index (Phi) is 6.76. The van der Waals surface area contributed by atoms with E-state index in [1.54, 1.807) is 18.7 Å². The molecule has 0 amide bonds. The molecular formula is C13H21FN2O3S2. The Balaban J connectivity index is 2.88. The van der Waals surface area contributed by atoms with Crippen molar-refractivity contribution in [3.8, 4) is 5.75 Å². The van der Waals surface area contributed by atoms with Gasteiger partial charge in [-0.2, -0.15) is 11.8 Å². The summed E-state index contributed by atoms with van der Waals surface area (Å²) < 4.78 is 45.4. The lowest BCUT2D eigenvalue weighted by molar-refractivity contribution is 0.388. The predicted octanol–water partition coefficient (Wildman–Crippen LogP) is 2.23. The summed E-state index contributed by atoms with van der Waals surface area (Å²) in [4.78, 5) is -0.201. The zero-order chi connectivity index (χ0) is 16.0. The molecule has 0 spiro atoms. The predicted molar refractivity (Wildman–Crippen MR) is 84.8 cm³/mol. The molecule has 0 aliphatic heterocycles. The quantitative estimate of drug-likeness (QED) is 0.562. The van der Waals surface area contributed by atoms with Crippen LogP contribution in [0.3, 0.4) is 0 Å². The van der Waals surface area contributed by atoms with Crippen LogP contribution < -0.4 is 15.2 Å². The first-order valence-electron chi connectivity index (χ1n) is 6.55. The van der Waals surface area contributed by atoms with Crippen LogP contribution in [0.5, 0.6) is 5.75 Å². The van der Waals surface area contributed by atoms with E-state index in [2.05, 4.69) is 4.72 Å². The molecular weight excluding hydrogens is 315 g/mol. The number of methoxy groups -OCH3 is 1. The second-order valence-electron chi connectivity index (χ2n) is 4.54. The van der Waals surface area contributed by atoms with Crippen molar-refractivity contribution < 1.29 is 17.5 Å². The van der Waals surface area contributed by atoms with Crippen LogP contribution in [-0.2, 0) is 10.0 Å². The highest BCUT2D eigenvalue weighted by atomic mass is 32.2. The number of sulfonamides is 1. The molecule has 3 N–H and O–H groups in total. The smallest absolute Gasteiger partial charge is 0.240 e. The number of rotatable bonds is 8. The van der Waals surface area contributed by atoms with Gasteiger partial charge >= 0.3 is 0 Å². The molecule has 0 radical (unpaired) electrons. The SMILES string of the molecule is CCSCCC(C)NS(=O)(=O)c1cc(N)c(OC)c(F)c1. The van der Waals surface area contributed by atoms with E-state index in [1.807, 2.05) is 6.92 Å². The fourth-order valence-corrected chi connectivity index (χ4v) is 3.89. The van der Waals surface area contributed by atoms with Gasteiger partial charge in [0.15, 0.2) is 11.6 Å². The third kappa shape index (κ3) is 5.05. The van der Waals surface area contributed by atoms with E-state index in [-0.39, 0.29) is 22.4 Å². The number of thioether (sulfide) groups is 1. The van der Waals surface area contributed by atoms with Crippen LogP contribution in [0.2, 0.25) is 0 Å². The molecule has 120 valence electrons. The molecule has 1 aromatic rings. The van der Waals surface area contributed by atoms with Crippen LogP contribution in [0.1, 0.15) is 20.3 Å². The van der Waals surface area contributed by atoms with Crippen molar-refractivity contribution in [3.05, 3.63) is 17.9 Å². The van der Waals surface area contributed by atoms with Crippen molar-refractivity contribution in [1.82, 2.24) is 4.72 Å². The maximum absolute atomic E-state index is 13.7. The van der Waals surface area contributed by atoms with Crippen LogP contribution in [0, 0.1) is 5.82 Å². The molecule has 5 nitrogen and oxygen atoms in total. The summed E-state index contributed by atoms with van der Waals surface area (Å²) in [7, 11) is -2.53. The Morgan fingerprint density at radius 1 is 1.48 bits per heavy atom. The fraction of sp³-hybridized carbons (Fsp3) is 0.538. The third-order valence-electron chi connectivity index (χ3n) is 2.82. The number of anilines is 1. The maximum Gasteiger partial charge on any atom is 0.240 e. The third-order valence-corrected chi connectivity index (χ3v) is 5.32. The summed E-state index contributed by atoms with van der Waals surface area (Å²) in [5.41, 5.74) is 5.55. The number of ether oxygens (including phenoxy) is 1. The van der Waals surface area contributed by atoms with Crippen LogP contribution >= 0.6 is 11.8 Å². The molecule has 1 rings (SSSR count). The van der Waals surface area contributed by atoms with Crippen molar-refractivity contribution >= 4 is 27.5 Å². The Morgan fingerprint density at radius 2 is 2.14 bits per heavy atom. The van der Waals surface area contributed by atoms with Gasteiger partial charge in [-0.25, -0.2) is 17.5 Å². The lowest BCUT2D eigenvalue weighted by atomic mass is 10.3. The summed E-state index contributed by atoms with van der Waals surface area (Å²) in [6.07, 6.45) is 0.700. The number of nitrogen functional groups attached to an aromatic ring is 1. The van der Waals surface area contributed by atoms with E-state index in [4.69, 9.17) is 10.5 Å². The van der Waals surface area contributed by atoms with Crippen molar-refractivity contribution in [2.24, 2.45) is 0 Å². The molecule has 0 bridgehead atoms. The lowest BCUT2D eigenvalue weighted by Gasteiger charge is -2.15. The first-order valence-corrected chi connectivity index (χ1v) is 9.18. The van der Waals surface area contributed by atoms with Gasteiger partial charge in [0.05, 0.1) is 17.7 Å². The number of hydrogen-bond donors (Lipinski definition) is 2. The lowest BCUT2D eigenvalue weighted by Crippen LogP contribution is -2.33. The first-order chi connectivity index (χ1) is 9.81. The summed E-state index contributed by atoms with van der Waals surface area (Å²) in [5.74, 6) is 0.896. The van der Waals surface area contributed by atoms with Gasteiger partial charge in [0.1, 0.15) is 0 Å². The van der Waals surface area contributed by atoms with E-state index >= 15 is 0 Å². The van der Waals surface area contributed by atoms with Gasteiger partial charge < -0.3 is 10.5 Å². The highest BCUT2D eigenvalue weighted by Gasteiger charge is 2.21. The highest BCUT2D eigenvalue weighted by molar-refractivity contribution is 7.99. The Bertz CT molecular complexity index is 556. The van der Waals surface area contributed by atoms with Gasteiger partial charge in [-0.3, -0.25) is 0 Å². The highest BCUT2D eigenvalue weighted by Crippen LogP contribution is 2.28. The first kappa shape index (κ1) is 18.1. The van der Waals surface area contributed by atoms with E-state index in [9.17, 15) is 12.8 Å². The van der Waals surface area contributed by atoms with E-state index in [0.29, 0.717) is 6.42 Å². The second-order valence-corrected chi connectivity index (χ2v) is 7.64. The largest absolute Gasteiger partial charge is 0.492 e. The summed E-state index contributed by atoms with van der Waals surface area (Å²) >= 11 is 1.74. The Morgan fingerprint density at radius 3 is 2.67 bits per heavy atom. The van der Waals surface area contributed by atoms with E-state index in [1.165, 1.54) is 13.2 Å². The zero-order valence-corrected chi connectivity index (χ0v) is 14.0. The molecule has 0 saturated heterocycles. The Labute approximate surface area is 129 Å². The number of hydrogen-bond acceptors (Lipinski definition) is 5. The molecule has 0 heterocycles. The molecule has 0 aromatic heterocycles. The van der Waals surface area contributed by atoms with Crippen molar-refractivity contribution in [1.29, 1.82) is 0 Å². The molecule has 0 aliphatic carbocycles. The monoisotopic (exact) mass is 336 g/mol. The van der Waals surface area contributed by atoms with Crippen molar-refractivity contribution in [2.45, 2.75) is 31.2 Å². The molecule has 0 aliphatic rings. The molecule has 1 aromatic carbocycles. The summed E-state index contributed by atoms with van der Waals surface area (Å²) in [6, 6.07) is 1.86. The van der Waals surface area contributed by atoms with Crippen LogP contribution in [0.4, 0.5) is 10.1 Å². The van der Waals surface area contributed by atoms with Crippen LogP contribution in [0.25, 0.3) is 0 Å². The van der Waals surface area contributed by atoms with Crippen molar-refractivity contribution in [3.63, 3.8) is 0 Å². The average molecular weight is 336 g/mol. The molecule has 1 unspecified atom stereocenters. The average Bonchev–Trinajstić information content (AvgIpc) is 2.38. The van der Waals surface area contributed by atoms with Gasteiger partial charge in [-0.05, 0) is 37.0 Å². The molecule has 0 fully saturated rings. The summed E-state index contributed by atoms with van der Waals surface area (Å²) in [6.45, 7) is 3.82. The Hall–Kier alpha value is -0.990. The van der Waals surface area contributed by atoms with Crippen molar-refractivity contribution in [2.75, 3.05) is 24.3 Å². The van der Waals surface area contributed by atoms with Gasteiger partial charge in [0.2, 0.25) is 10.0 Å². The maximum atomic E-state index is 13.7. The minimum atomic E-state index is -3.80. The van der Waals surface area contributed by atoms with Gasteiger partial charge in [0.25, 0.3) is 0 Å². The second kappa shape index (κ2) is 7.86. The van der Waals surface area contributed by atoms with Crippen LogP contribution in [0.15, 0.2) is 17.0 Å². The topological polar surface area (TPSA) is 81.4 Å². The molecule has 1 atom stereocenters. The van der Waals surface area contributed by atoms with Gasteiger partial charge in [0, 0.05) is 6.04 Å². The molecule has 8 heteroatoms. The van der Waals surface area contributed by atoms with Crippen LogP contribution in [-0.4, -0.2) is 33.1 Å². The fourth-order valence-electron chi connectivity index (χ4n) is 1.76. The molecule has 21 heavy (non-hydrogen) atoms. The molecule has 0 saturated carbocycles. The summed E-state index contributed by atoms with van der Waals surface area (Å²) in [5, 5.41) is 0. The zero-order valence-electron chi connectivity index (χ0n) is 12.3. The minimum absolute atomic E-state index is 0.0490. The van der Waals surface area contributed by atoms with Gasteiger partial charge in [-0.15, -0.1) is 0 Å². The van der Waals surface area contributed by atoms with Gasteiger partial charge in [-0.1, -0.05) is 6.92 Å². The number of benzene rings is 1.